The molecular weight excluding hydrogens is 230 g/mol. The van der Waals surface area contributed by atoms with Gasteiger partial charge in [-0.25, -0.2) is 0 Å². The molecule has 0 unspecified atom stereocenters. The first-order chi connectivity index (χ1) is 6.29. The predicted molar refractivity (Wildman–Crippen MR) is 55.8 cm³/mol. The third kappa shape index (κ3) is 1.79. The quantitative estimate of drug-likeness (QED) is 0.817. The van der Waals surface area contributed by atoms with Gasteiger partial charge in [0.25, 0.3) is 0 Å². The SMILES string of the molecule is Cc1c(Br)cnn1C1CCNCC1. The number of hydrogen-bond acceptors (Lipinski definition) is 2. The summed E-state index contributed by atoms with van der Waals surface area (Å²) in [4.78, 5) is 0. The highest BCUT2D eigenvalue weighted by atomic mass is 79.9. The van der Waals surface area contributed by atoms with Crippen molar-refractivity contribution in [3.05, 3.63) is 16.4 Å². The van der Waals surface area contributed by atoms with Crippen molar-refractivity contribution in [2.24, 2.45) is 0 Å². The van der Waals surface area contributed by atoms with Gasteiger partial charge in [0.05, 0.1) is 16.7 Å². The predicted octanol–water partition coefficient (Wildman–Crippen LogP) is 1.88. The molecule has 1 aromatic heterocycles. The van der Waals surface area contributed by atoms with E-state index in [2.05, 4.69) is 38.0 Å². The van der Waals surface area contributed by atoms with E-state index in [4.69, 9.17) is 0 Å². The molecular formula is C9H14BrN3. The van der Waals surface area contributed by atoms with E-state index in [1.54, 1.807) is 0 Å². The average molecular weight is 244 g/mol. The first-order valence-electron chi connectivity index (χ1n) is 4.69. The molecule has 0 saturated carbocycles. The number of halogens is 1. The number of piperidine rings is 1. The van der Waals surface area contributed by atoms with Crippen LogP contribution < -0.4 is 5.32 Å². The Morgan fingerprint density at radius 3 is 2.77 bits per heavy atom. The molecule has 1 N–H and O–H groups in total. The van der Waals surface area contributed by atoms with Crippen LogP contribution in [0.2, 0.25) is 0 Å². The monoisotopic (exact) mass is 243 g/mol. The lowest BCUT2D eigenvalue weighted by molar-refractivity contribution is 0.338. The lowest BCUT2D eigenvalue weighted by Crippen LogP contribution is -2.30. The van der Waals surface area contributed by atoms with Crippen LogP contribution in [-0.2, 0) is 0 Å². The zero-order chi connectivity index (χ0) is 9.26. The molecule has 72 valence electrons. The zero-order valence-electron chi connectivity index (χ0n) is 7.76. The lowest BCUT2D eigenvalue weighted by Gasteiger charge is -2.24. The molecule has 1 aromatic rings. The first-order valence-corrected chi connectivity index (χ1v) is 5.48. The van der Waals surface area contributed by atoms with Crippen LogP contribution in [0.4, 0.5) is 0 Å². The minimum absolute atomic E-state index is 0.590. The highest BCUT2D eigenvalue weighted by Crippen LogP contribution is 2.23. The fourth-order valence-corrected chi connectivity index (χ4v) is 2.09. The Labute approximate surface area is 86.6 Å². The molecule has 1 aliphatic rings. The largest absolute Gasteiger partial charge is 0.317 e. The van der Waals surface area contributed by atoms with Gasteiger partial charge in [-0.05, 0) is 48.8 Å². The van der Waals surface area contributed by atoms with Gasteiger partial charge in [0.2, 0.25) is 0 Å². The van der Waals surface area contributed by atoms with Gasteiger partial charge in [-0.3, -0.25) is 4.68 Å². The number of aromatic nitrogens is 2. The molecule has 0 bridgehead atoms. The van der Waals surface area contributed by atoms with Crippen LogP contribution in [0, 0.1) is 6.92 Å². The minimum Gasteiger partial charge on any atom is -0.317 e. The van der Waals surface area contributed by atoms with Gasteiger partial charge < -0.3 is 5.32 Å². The molecule has 0 radical (unpaired) electrons. The van der Waals surface area contributed by atoms with Crippen molar-refractivity contribution in [1.29, 1.82) is 0 Å². The summed E-state index contributed by atoms with van der Waals surface area (Å²) in [6.45, 7) is 4.34. The third-order valence-corrected chi connectivity index (χ3v) is 3.42. The van der Waals surface area contributed by atoms with E-state index >= 15 is 0 Å². The summed E-state index contributed by atoms with van der Waals surface area (Å²) in [7, 11) is 0. The van der Waals surface area contributed by atoms with Crippen molar-refractivity contribution in [3.63, 3.8) is 0 Å². The van der Waals surface area contributed by atoms with Crippen molar-refractivity contribution in [2.75, 3.05) is 13.1 Å². The Bertz CT molecular complexity index is 289. The summed E-state index contributed by atoms with van der Waals surface area (Å²) in [5.41, 5.74) is 1.24. The smallest absolute Gasteiger partial charge is 0.0635 e. The molecule has 1 saturated heterocycles. The zero-order valence-corrected chi connectivity index (χ0v) is 9.34. The summed E-state index contributed by atoms with van der Waals surface area (Å²) in [5, 5.41) is 7.74. The lowest BCUT2D eigenvalue weighted by atomic mass is 10.1. The van der Waals surface area contributed by atoms with Gasteiger partial charge >= 0.3 is 0 Å². The number of hydrogen-bond donors (Lipinski definition) is 1. The van der Waals surface area contributed by atoms with E-state index in [0.717, 1.165) is 17.6 Å². The molecule has 13 heavy (non-hydrogen) atoms. The van der Waals surface area contributed by atoms with Gasteiger partial charge in [0.1, 0.15) is 0 Å². The standard InChI is InChI=1S/C9H14BrN3/c1-7-9(10)6-12-13(7)8-2-4-11-5-3-8/h6,8,11H,2-5H2,1H3. The Morgan fingerprint density at radius 1 is 1.54 bits per heavy atom. The van der Waals surface area contributed by atoms with E-state index in [1.807, 2.05) is 6.20 Å². The number of nitrogens with zero attached hydrogens (tertiary/aromatic N) is 2. The van der Waals surface area contributed by atoms with Crippen LogP contribution in [0.1, 0.15) is 24.6 Å². The van der Waals surface area contributed by atoms with E-state index < -0.39 is 0 Å². The second kappa shape index (κ2) is 3.80. The second-order valence-corrected chi connectivity index (χ2v) is 4.36. The Kier molecular flexibility index (Phi) is 2.69. The molecule has 0 amide bonds. The first kappa shape index (κ1) is 9.21. The van der Waals surface area contributed by atoms with Crippen LogP contribution in [0.15, 0.2) is 10.7 Å². The summed E-state index contributed by atoms with van der Waals surface area (Å²) in [6, 6.07) is 0.590. The Hall–Kier alpha value is -0.350. The van der Waals surface area contributed by atoms with Crippen molar-refractivity contribution in [1.82, 2.24) is 15.1 Å². The van der Waals surface area contributed by atoms with Crippen molar-refractivity contribution < 1.29 is 0 Å². The van der Waals surface area contributed by atoms with E-state index in [9.17, 15) is 0 Å². The van der Waals surface area contributed by atoms with Crippen LogP contribution in [0.3, 0.4) is 0 Å². The fraction of sp³-hybridized carbons (Fsp3) is 0.667. The molecule has 0 spiro atoms. The van der Waals surface area contributed by atoms with Crippen LogP contribution >= 0.6 is 15.9 Å². The summed E-state index contributed by atoms with van der Waals surface area (Å²) in [6.07, 6.45) is 4.27. The second-order valence-electron chi connectivity index (χ2n) is 3.50. The van der Waals surface area contributed by atoms with Gasteiger partial charge in [-0.1, -0.05) is 0 Å². The van der Waals surface area contributed by atoms with Crippen LogP contribution in [0.5, 0.6) is 0 Å². The highest BCUT2D eigenvalue weighted by Gasteiger charge is 2.17. The van der Waals surface area contributed by atoms with Crippen molar-refractivity contribution in [3.8, 4) is 0 Å². The van der Waals surface area contributed by atoms with Gasteiger partial charge in [0.15, 0.2) is 0 Å². The molecule has 0 atom stereocenters. The molecule has 3 nitrogen and oxygen atoms in total. The Morgan fingerprint density at radius 2 is 2.23 bits per heavy atom. The normalized spacial score (nSPS) is 19.2. The van der Waals surface area contributed by atoms with Gasteiger partial charge in [0, 0.05) is 5.69 Å². The molecule has 4 heteroatoms. The maximum atomic E-state index is 4.38. The summed E-state index contributed by atoms with van der Waals surface area (Å²) in [5.74, 6) is 0. The van der Waals surface area contributed by atoms with Gasteiger partial charge in [-0.2, -0.15) is 5.10 Å². The highest BCUT2D eigenvalue weighted by molar-refractivity contribution is 9.10. The number of nitrogens with one attached hydrogen (secondary N) is 1. The maximum absolute atomic E-state index is 4.38. The average Bonchev–Trinajstić information content (AvgIpc) is 2.49. The third-order valence-electron chi connectivity index (χ3n) is 2.64. The molecule has 1 fully saturated rings. The summed E-state index contributed by atoms with van der Waals surface area (Å²) < 4.78 is 3.26. The topological polar surface area (TPSA) is 29.9 Å². The van der Waals surface area contributed by atoms with E-state index in [-0.39, 0.29) is 0 Å². The minimum atomic E-state index is 0.590. The molecule has 2 heterocycles. The van der Waals surface area contributed by atoms with E-state index in [1.165, 1.54) is 18.5 Å². The van der Waals surface area contributed by atoms with Crippen LogP contribution in [0.25, 0.3) is 0 Å². The van der Waals surface area contributed by atoms with Crippen LogP contribution in [-0.4, -0.2) is 22.9 Å². The molecule has 0 aliphatic carbocycles. The van der Waals surface area contributed by atoms with Gasteiger partial charge in [-0.15, -0.1) is 0 Å². The fourth-order valence-electron chi connectivity index (χ4n) is 1.82. The maximum Gasteiger partial charge on any atom is 0.0635 e. The number of rotatable bonds is 1. The van der Waals surface area contributed by atoms with Crippen molar-refractivity contribution >= 4 is 15.9 Å². The molecule has 2 rings (SSSR count). The summed E-state index contributed by atoms with van der Waals surface area (Å²) >= 11 is 3.48. The van der Waals surface area contributed by atoms with E-state index in [0.29, 0.717) is 6.04 Å². The van der Waals surface area contributed by atoms with Crippen molar-refractivity contribution in [2.45, 2.75) is 25.8 Å². The molecule has 0 aromatic carbocycles. The molecule has 1 aliphatic heterocycles. The Balaban J connectivity index is 2.18.